The van der Waals surface area contributed by atoms with Gasteiger partial charge in [-0.2, -0.15) is 0 Å². The summed E-state index contributed by atoms with van der Waals surface area (Å²) >= 11 is 0. The molecule has 3 heteroatoms. The summed E-state index contributed by atoms with van der Waals surface area (Å²) in [6.07, 6.45) is 6.25. The lowest BCUT2D eigenvalue weighted by Gasteiger charge is -2.36. The van der Waals surface area contributed by atoms with E-state index in [1.54, 1.807) is 0 Å². The number of nitrogens with zero attached hydrogens (tertiary/aromatic N) is 3. The van der Waals surface area contributed by atoms with Crippen LogP contribution in [-0.2, 0) is 10.8 Å². The zero-order valence-electron chi connectivity index (χ0n) is 25.8. The molecule has 1 aromatic heterocycles. The third kappa shape index (κ3) is 3.86. The van der Waals surface area contributed by atoms with Crippen LogP contribution < -0.4 is 0 Å². The molecule has 0 amide bonds. The lowest BCUT2D eigenvalue weighted by Crippen LogP contribution is -2.28. The van der Waals surface area contributed by atoms with Crippen LogP contribution in [0.25, 0.3) is 56.4 Å². The third-order valence-electron chi connectivity index (χ3n) is 10.7. The summed E-state index contributed by atoms with van der Waals surface area (Å²) in [5.41, 5.74) is 14.0. The van der Waals surface area contributed by atoms with E-state index < -0.39 is 0 Å². The minimum absolute atomic E-state index is 0.0772. The Morgan fingerprint density at radius 3 is 1.84 bits per heavy atom. The van der Waals surface area contributed by atoms with Crippen molar-refractivity contribution in [1.29, 1.82) is 0 Å². The first-order valence-electron chi connectivity index (χ1n) is 16.3. The quantitative estimate of drug-likeness (QED) is 0.209. The van der Waals surface area contributed by atoms with E-state index in [2.05, 4.69) is 123 Å². The second-order valence-corrected chi connectivity index (χ2v) is 13.5. The molecule has 6 aromatic rings. The molecule has 3 aliphatic carbocycles. The lowest BCUT2D eigenvalue weighted by atomic mass is 9.67. The van der Waals surface area contributed by atoms with Crippen LogP contribution >= 0.6 is 0 Å². The monoisotopic (exact) mass is 581 g/mol. The van der Waals surface area contributed by atoms with Crippen molar-refractivity contribution < 1.29 is 0 Å². The Morgan fingerprint density at radius 1 is 0.444 bits per heavy atom. The highest BCUT2D eigenvalue weighted by Gasteiger charge is 2.44. The molecule has 0 saturated heterocycles. The maximum absolute atomic E-state index is 5.28. The standard InChI is InChI=1S/C42H35N3/c1-41(2)33-19-9-8-17-31(33)37-32(18-13-21-35(37)41)40-44-38(27-14-5-3-6-15-27)43-39(45-40)28-22-23-30-29-16-7-10-20-34(29)42(36(30)26-28)24-11-4-12-25-42/h3,5-10,13-23,26H,4,11-12,24-25H2,1-2H3. The van der Waals surface area contributed by atoms with Crippen LogP contribution in [0.15, 0.2) is 115 Å². The molecule has 1 saturated carbocycles. The number of hydrogen-bond donors (Lipinski definition) is 0. The van der Waals surface area contributed by atoms with Crippen molar-refractivity contribution in [3.05, 3.63) is 138 Å². The molecule has 0 atom stereocenters. The Bertz CT molecular complexity index is 2120. The van der Waals surface area contributed by atoms with Gasteiger partial charge in [-0.3, -0.25) is 0 Å². The van der Waals surface area contributed by atoms with Gasteiger partial charge in [-0.1, -0.05) is 142 Å². The summed E-state index contributed by atoms with van der Waals surface area (Å²) < 4.78 is 0. The molecule has 0 N–H and O–H groups in total. The smallest absolute Gasteiger partial charge is 0.164 e. The summed E-state index contributed by atoms with van der Waals surface area (Å²) in [5, 5.41) is 0. The zero-order chi connectivity index (χ0) is 30.2. The topological polar surface area (TPSA) is 38.7 Å². The molecular formula is C42H35N3. The summed E-state index contributed by atoms with van der Waals surface area (Å²) in [6.45, 7) is 4.64. The van der Waals surface area contributed by atoms with Gasteiger partial charge in [0, 0.05) is 27.5 Å². The van der Waals surface area contributed by atoms with Crippen molar-refractivity contribution in [3.63, 3.8) is 0 Å². The van der Waals surface area contributed by atoms with Gasteiger partial charge in [0.2, 0.25) is 0 Å². The van der Waals surface area contributed by atoms with Crippen molar-refractivity contribution in [1.82, 2.24) is 15.0 Å². The van der Waals surface area contributed by atoms with Crippen molar-refractivity contribution in [2.24, 2.45) is 0 Å². The highest BCUT2D eigenvalue weighted by molar-refractivity contribution is 5.91. The first-order valence-corrected chi connectivity index (χ1v) is 16.3. The van der Waals surface area contributed by atoms with Gasteiger partial charge in [0.1, 0.15) is 0 Å². The number of fused-ring (bicyclic) bond motifs is 8. The molecule has 0 unspecified atom stereocenters. The fourth-order valence-corrected chi connectivity index (χ4v) is 8.57. The van der Waals surface area contributed by atoms with E-state index in [1.165, 1.54) is 76.6 Å². The maximum Gasteiger partial charge on any atom is 0.164 e. The third-order valence-corrected chi connectivity index (χ3v) is 10.7. The minimum Gasteiger partial charge on any atom is -0.208 e. The highest BCUT2D eigenvalue weighted by Crippen LogP contribution is 2.56. The predicted octanol–water partition coefficient (Wildman–Crippen LogP) is 10.4. The number of hydrogen-bond acceptors (Lipinski definition) is 3. The van der Waals surface area contributed by atoms with Gasteiger partial charge in [-0.05, 0) is 63.4 Å². The molecule has 5 aromatic carbocycles. The Balaban J connectivity index is 1.26. The van der Waals surface area contributed by atoms with Gasteiger partial charge in [0.25, 0.3) is 0 Å². The average molecular weight is 582 g/mol. The minimum atomic E-state index is -0.0939. The second-order valence-electron chi connectivity index (χ2n) is 13.5. The number of rotatable bonds is 3. The van der Waals surface area contributed by atoms with E-state index in [0.717, 1.165) is 28.3 Å². The fourth-order valence-electron chi connectivity index (χ4n) is 8.57. The number of aromatic nitrogens is 3. The molecule has 0 bridgehead atoms. The van der Waals surface area contributed by atoms with Crippen LogP contribution in [0, 0.1) is 0 Å². The Kier molecular flexibility index (Phi) is 5.78. The first kappa shape index (κ1) is 26.5. The van der Waals surface area contributed by atoms with Crippen molar-refractivity contribution in [3.8, 4) is 56.4 Å². The molecule has 3 aliphatic rings. The van der Waals surface area contributed by atoms with Gasteiger partial charge < -0.3 is 0 Å². The van der Waals surface area contributed by atoms with Crippen LogP contribution in [0.3, 0.4) is 0 Å². The van der Waals surface area contributed by atoms with Crippen molar-refractivity contribution >= 4 is 0 Å². The van der Waals surface area contributed by atoms with Crippen LogP contribution in [0.4, 0.5) is 0 Å². The fraction of sp³-hybridized carbons (Fsp3) is 0.214. The summed E-state index contributed by atoms with van der Waals surface area (Å²) in [6, 6.07) is 41.7. The van der Waals surface area contributed by atoms with Gasteiger partial charge >= 0.3 is 0 Å². The van der Waals surface area contributed by atoms with Gasteiger partial charge in [-0.15, -0.1) is 0 Å². The molecule has 3 nitrogen and oxygen atoms in total. The van der Waals surface area contributed by atoms with Crippen LogP contribution in [0.1, 0.15) is 68.2 Å². The van der Waals surface area contributed by atoms with Gasteiger partial charge in [0.05, 0.1) is 0 Å². The SMILES string of the molecule is CC1(C)c2ccccc2-c2c(-c3nc(-c4ccccc4)nc(-c4ccc5c(c4)C4(CCCCC4)c4ccccc4-5)n3)cccc21. The molecule has 0 radical (unpaired) electrons. The maximum atomic E-state index is 5.28. The van der Waals surface area contributed by atoms with E-state index in [-0.39, 0.29) is 10.8 Å². The molecule has 45 heavy (non-hydrogen) atoms. The largest absolute Gasteiger partial charge is 0.208 e. The number of benzene rings is 5. The highest BCUT2D eigenvalue weighted by atomic mass is 15.0. The molecule has 218 valence electrons. The molecule has 9 rings (SSSR count). The van der Waals surface area contributed by atoms with Gasteiger partial charge in [0.15, 0.2) is 17.5 Å². The summed E-state index contributed by atoms with van der Waals surface area (Å²) in [7, 11) is 0. The van der Waals surface area contributed by atoms with E-state index in [4.69, 9.17) is 15.0 Å². The van der Waals surface area contributed by atoms with Gasteiger partial charge in [-0.25, -0.2) is 15.0 Å². The van der Waals surface area contributed by atoms with E-state index in [9.17, 15) is 0 Å². The Hall–Kier alpha value is -4.89. The van der Waals surface area contributed by atoms with E-state index in [1.807, 2.05) is 6.07 Å². The van der Waals surface area contributed by atoms with Crippen LogP contribution in [0.2, 0.25) is 0 Å². The first-order chi connectivity index (χ1) is 22.0. The van der Waals surface area contributed by atoms with Crippen LogP contribution in [-0.4, -0.2) is 15.0 Å². The lowest BCUT2D eigenvalue weighted by molar-refractivity contribution is 0.353. The van der Waals surface area contributed by atoms with E-state index >= 15 is 0 Å². The zero-order valence-corrected chi connectivity index (χ0v) is 25.8. The normalized spacial score (nSPS) is 16.6. The molecule has 1 fully saturated rings. The van der Waals surface area contributed by atoms with Crippen molar-refractivity contribution in [2.75, 3.05) is 0 Å². The van der Waals surface area contributed by atoms with Crippen LogP contribution in [0.5, 0.6) is 0 Å². The Morgan fingerprint density at radius 2 is 1.04 bits per heavy atom. The average Bonchev–Trinajstić information content (AvgIpc) is 3.50. The van der Waals surface area contributed by atoms with Crippen molar-refractivity contribution in [2.45, 2.75) is 56.8 Å². The Labute approximate surface area is 265 Å². The molecular weight excluding hydrogens is 546 g/mol. The summed E-state index contributed by atoms with van der Waals surface area (Å²) in [4.78, 5) is 15.6. The predicted molar refractivity (Wildman–Crippen MR) is 183 cm³/mol. The molecule has 0 aliphatic heterocycles. The molecule has 1 spiro atoms. The van der Waals surface area contributed by atoms with E-state index in [0.29, 0.717) is 5.82 Å². The summed E-state index contributed by atoms with van der Waals surface area (Å²) in [5.74, 6) is 2.15. The molecule has 1 heterocycles. The second kappa shape index (κ2) is 9.81.